The number of hydrogen-bond acceptors (Lipinski definition) is 1. The summed E-state index contributed by atoms with van der Waals surface area (Å²) in [5.74, 6) is 0.351. The highest BCUT2D eigenvalue weighted by molar-refractivity contribution is 6.31. The van der Waals surface area contributed by atoms with Gasteiger partial charge in [0.05, 0.1) is 21.4 Å². The maximum absolute atomic E-state index is 13.7. The molecule has 2 rings (SSSR count). The van der Waals surface area contributed by atoms with Crippen molar-refractivity contribution in [3.8, 4) is 0 Å². The minimum atomic E-state index is -0.420. The Labute approximate surface area is 128 Å². The van der Waals surface area contributed by atoms with Crippen molar-refractivity contribution in [2.24, 2.45) is 0 Å². The molecule has 0 saturated heterocycles. The zero-order chi connectivity index (χ0) is 14.9. The summed E-state index contributed by atoms with van der Waals surface area (Å²) in [7, 11) is 0. The summed E-state index contributed by atoms with van der Waals surface area (Å²) in [4.78, 5) is 4.52. The van der Waals surface area contributed by atoms with Crippen molar-refractivity contribution < 1.29 is 4.39 Å². The van der Waals surface area contributed by atoms with Crippen molar-refractivity contribution in [3.63, 3.8) is 0 Å². The molecule has 110 valence electrons. The first kappa shape index (κ1) is 15.6. The van der Waals surface area contributed by atoms with Crippen molar-refractivity contribution in [1.82, 2.24) is 9.55 Å². The summed E-state index contributed by atoms with van der Waals surface area (Å²) in [6.45, 7) is 6.15. The molecule has 0 bridgehead atoms. The van der Waals surface area contributed by atoms with E-state index >= 15 is 0 Å². The van der Waals surface area contributed by atoms with E-state index in [1.165, 1.54) is 6.07 Å². The fourth-order valence-corrected chi connectivity index (χ4v) is 2.79. The van der Waals surface area contributed by atoms with Gasteiger partial charge < -0.3 is 4.57 Å². The average molecular weight is 317 g/mol. The van der Waals surface area contributed by atoms with Crippen molar-refractivity contribution >= 4 is 34.2 Å². The quantitative estimate of drug-likeness (QED) is 0.630. The van der Waals surface area contributed by atoms with Gasteiger partial charge in [-0.15, -0.1) is 11.6 Å². The first-order valence-electron chi connectivity index (χ1n) is 6.96. The molecule has 0 N–H and O–H groups in total. The predicted molar refractivity (Wildman–Crippen MR) is 83.2 cm³/mol. The van der Waals surface area contributed by atoms with Crippen LogP contribution < -0.4 is 0 Å². The number of aromatic nitrogens is 2. The van der Waals surface area contributed by atoms with Crippen LogP contribution in [0, 0.1) is 5.82 Å². The molecule has 1 aromatic heterocycles. The van der Waals surface area contributed by atoms with Crippen LogP contribution in [0.5, 0.6) is 0 Å². The lowest BCUT2D eigenvalue weighted by atomic mass is 10.1. The molecule has 20 heavy (non-hydrogen) atoms. The summed E-state index contributed by atoms with van der Waals surface area (Å²) < 4.78 is 15.8. The smallest absolute Gasteiger partial charge is 0.144 e. The number of imidazole rings is 1. The van der Waals surface area contributed by atoms with Gasteiger partial charge in [0.2, 0.25) is 0 Å². The van der Waals surface area contributed by atoms with Crippen molar-refractivity contribution in [1.29, 1.82) is 0 Å². The number of benzene rings is 1. The van der Waals surface area contributed by atoms with Gasteiger partial charge in [0, 0.05) is 12.1 Å². The topological polar surface area (TPSA) is 17.8 Å². The van der Waals surface area contributed by atoms with Gasteiger partial charge in [-0.25, -0.2) is 9.37 Å². The Morgan fingerprint density at radius 2 is 2.05 bits per heavy atom. The molecule has 1 aromatic carbocycles. The average Bonchev–Trinajstić information content (AvgIpc) is 2.75. The number of rotatable bonds is 5. The van der Waals surface area contributed by atoms with Crippen LogP contribution in [0.3, 0.4) is 0 Å². The molecule has 0 radical (unpaired) electrons. The fourth-order valence-electron chi connectivity index (χ4n) is 2.48. The van der Waals surface area contributed by atoms with E-state index < -0.39 is 5.82 Å². The van der Waals surface area contributed by atoms with Crippen LogP contribution in [0.4, 0.5) is 4.39 Å². The maximum atomic E-state index is 13.7. The van der Waals surface area contributed by atoms with Crippen LogP contribution in [-0.2, 0) is 0 Å². The van der Waals surface area contributed by atoms with E-state index in [2.05, 4.69) is 18.8 Å². The molecule has 2 aromatic rings. The Bertz CT molecular complexity index is 607. The number of alkyl halides is 1. The highest BCUT2D eigenvalue weighted by Gasteiger charge is 2.20. The number of fused-ring (bicyclic) bond motifs is 1. The minimum absolute atomic E-state index is 0.0946. The third-order valence-electron chi connectivity index (χ3n) is 3.53. The molecular weight excluding hydrogens is 298 g/mol. The molecule has 0 aliphatic carbocycles. The number of halogens is 3. The normalized spacial score (nSPS) is 14.7. The van der Waals surface area contributed by atoms with E-state index in [9.17, 15) is 4.39 Å². The third-order valence-corrected chi connectivity index (χ3v) is 4.02. The van der Waals surface area contributed by atoms with Gasteiger partial charge in [0.15, 0.2) is 0 Å². The monoisotopic (exact) mass is 316 g/mol. The molecule has 0 saturated carbocycles. The molecule has 2 atom stereocenters. The predicted octanol–water partition coefficient (Wildman–Crippen LogP) is 5.88. The van der Waals surface area contributed by atoms with Crippen LogP contribution >= 0.6 is 23.2 Å². The summed E-state index contributed by atoms with van der Waals surface area (Å²) in [5, 5.41) is -0.134. The summed E-state index contributed by atoms with van der Waals surface area (Å²) in [5.41, 5.74) is 1.46. The van der Waals surface area contributed by atoms with Gasteiger partial charge in [0.1, 0.15) is 11.6 Å². The van der Waals surface area contributed by atoms with E-state index in [0.29, 0.717) is 5.52 Å². The Morgan fingerprint density at radius 1 is 1.35 bits per heavy atom. The number of hydrogen-bond donors (Lipinski definition) is 0. The van der Waals surface area contributed by atoms with E-state index in [0.717, 1.165) is 30.6 Å². The molecule has 0 fully saturated rings. The Balaban J connectivity index is 2.58. The lowest BCUT2D eigenvalue weighted by Crippen LogP contribution is -2.10. The lowest BCUT2D eigenvalue weighted by Gasteiger charge is -2.18. The van der Waals surface area contributed by atoms with Gasteiger partial charge >= 0.3 is 0 Å². The molecular formula is C15H19Cl2FN2. The van der Waals surface area contributed by atoms with Crippen LogP contribution in [-0.4, -0.2) is 9.55 Å². The van der Waals surface area contributed by atoms with Crippen molar-refractivity contribution in [2.45, 2.75) is 51.5 Å². The van der Waals surface area contributed by atoms with Crippen LogP contribution in [0.1, 0.15) is 57.3 Å². The maximum Gasteiger partial charge on any atom is 0.144 e. The molecule has 0 aliphatic rings. The van der Waals surface area contributed by atoms with E-state index in [4.69, 9.17) is 23.2 Å². The SMILES string of the molecule is CCCCC(C)n1c(C(C)Cl)nc2cc(Cl)c(F)cc21. The first-order valence-corrected chi connectivity index (χ1v) is 7.78. The van der Waals surface area contributed by atoms with E-state index in [-0.39, 0.29) is 16.4 Å². The van der Waals surface area contributed by atoms with E-state index in [1.54, 1.807) is 6.07 Å². The second kappa shape index (κ2) is 6.31. The van der Waals surface area contributed by atoms with Crippen LogP contribution in [0.15, 0.2) is 12.1 Å². The Hall–Kier alpha value is -0.800. The molecule has 0 spiro atoms. The van der Waals surface area contributed by atoms with Gasteiger partial charge in [-0.05, 0) is 26.3 Å². The zero-order valence-electron chi connectivity index (χ0n) is 12.0. The minimum Gasteiger partial charge on any atom is -0.324 e. The van der Waals surface area contributed by atoms with E-state index in [1.807, 2.05) is 11.5 Å². The third kappa shape index (κ3) is 2.94. The van der Waals surface area contributed by atoms with Crippen LogP contribution in [0.25, 0.3) is 11.0 Å². The standard InChI is InChI=1S/C15H19Cl2FN2/c1-4-5-6-9(2)20-14-8-12(18)11(17)7-13(14)19-15(20)10(3)16/h7-10H,4-6H2,1-3H3. The summed E-state index contributed by atoms with van der Waals surface area (Å²) >= 11 is 12.1. The fraction of sp³-hybridized carbons (Fsp3) is 0.533. The van der Waals surface area contributed by atoms with Gasteiger partial charge in [-0.3, -0.25) is 0 Å². The largest absolute Gasteiger partial charge is 0.324 e. The number of nitrogens with zero attached hydrogens (tertiary/aromatic N) is 2. The molecule has 0 amide bonds. The molecule has 2 nitrogen and oxygen atoms in total. The lowest BCUT2D eigenvalue weighted by molar-refractivity contribution is 0.479. The highest BCUT2D eigenvalue weighted by Crippen LogP contribution is 2.32. The Kier molecular flexibility index (Phi) is 4.92. The van der Waals surface area contributed by atoms with Crippen molar-refractivity contribution in [3.05, 3.63) is 28.8 Å². The second-order valence-corrected chi connectivity index (χ2v) is 6.26. The molecule has 0 aliphatic heterocycles. The highest BCUT2D eigenvalue weighted by atomic mass is 35.5. The second-order valence-electron chi connectivity index (χ2n) is 5.20. The molecule has 1 heterocycles. The summed E-state index contributed by atoms with van der Waals surface area (Å²) in [6, 6.07) is 3.25. The molecule has 5 heteroatoms. The van der Waals surface area contributed by atoms with Crippen molar-refractivity contribution in [2.75, 3.05) is 0 Å². The van der Waals surface area contributed by atoms with Gasteiger partial charge in [0.25, 0.3) is 0 Å². The molecule has 2 unspecified atom stereocenters. The summed E-state index contributed by atoms with van der Waals surface area (Å²) in [6.07, 6.45) is 3.26. The zero-order valence-corrected chi connectivity index (χ0v) is 13.5. The number of unbranched alkanes of at least 4 members (excludes halogenated alkanes) is 1. The van der Waals surface area contributed by atoms with Crippen LogP contribution in [0.2, 0.25) is 5.02 Å². The first-order chi connectivity index (χ1) is 9.45. The Morgan fingerprint density at radius 3 is 2.65 bits per heavy atom. The van der Waals surface area contributed by atoms with Gasteiger partial charge in [-0.2, -0.15) is 0 Å². The van der Waals surface area contributed by atoms with Gasteiger partial charge in [-0.1, -0.05) is 31.4 Å².